The number of carbonyl (C=O) groups is 1. The van der Waals surface area contributed by atoms with E-state index >= 15 is 0 Å². The molecule has 1 fully saturated rings. The third kappa shape index (κ3) is 5.45. The molecule has 1 aliphatic carbocycles. The fourth-order valence-corrected chi connectivity index (χ4v) is 2.99. The van der Waals surface area contributed by atoms with Crippen LogP contribution < -0.4 is 4.74 Å². The van der Waals surface area contributed by atoms with Gasteiger partial charge in [0.1, 0.15) is 18.0 Å². The third-order valence-electron chi connectivity index (χ3n) is 4.01. The molecule has 1 aromatic carbocycles. The lowest BCUT2D eigenvalue weighted by Gasteiger charge is -2.34. The average Bonchev–Trinajstić information content (AvgIpc) is 2.48. The zero-order chi connectivity index (χ0) is 17.8. The number of rotatable bonds is 6. The predicted molar refractivity (Wildman–Crippen MR) is 85.2 cm³/mol. The molecular formula is C16H21FO6S. The fraction of sp³-hybridized carbons (Fsp3) is 0.562. The van der Waals surface area contributed by atoms with Gasteiger partial charge < -0.3 is 9.47 Å². The van der Waals surface area contributed by atoms with E-state index in [1.165, 1.54) is 12.1 Å². The van der Waals surface area contributed by atoms with Crippen LogP contribution in [-0.4, -0.2) is 36.9 Å². The zero-order valence-electron chi connectivity index (χ0n) is 13.5. The summed E-state index contributed by atoms with van der Waals surface area (Å²) in [5.41, 5.74) is -0.409. The monoisotopic (exact) mass is 360 g/mol. The van der Waals surface area contributed by atoms with Gasteiger partial charge in [0.05, 0.1) is 5.56 Å². The number of hydrogen-bond acceptors (Lipinski definition) is 5. The van der Waals surface area contributed by atoms with Crippen LogP contribution in [0.15, 0.2) is 18.2 Å². The lowest BCUT2D eigenvalue weighted by molar-refractivity contribution is 0.0434. The summed E-state index contributed by atoms with van der Waals surface area (Å²) in [6.45, 7) is 1.44. The van der Waals surface area contributed by atoms with Crippen LogP contribution in [0.25, 0.3) is 0 Å². The predicted octanol–water partition coefficient (Wildman–Crippen LogP) is 2.97. The highest BCUT2D eigenvalue weighted by Crippen LogP contribution is 2.34. The van der Waals surface area contributed by atoms with Crippen LogP contribution in [0.1, 0.15) is 49.4 Å². The van der Waals surface area contributed by atoms with Gasteiger partial charge in [-0.05, 0) is 50.8 Å². The number of benzene rings is 1. The standard InChI is InChI=1S/C16H21FO6S/c1-16(7-3-2-4-8-16)23-14-11-12(5-6-13(14)17)15(18)22-9-10-24(19,20)21/h5-6,11H,2-4,7-10H2,1H3,(H,19,20,21). The molecule has 0 radical (unpaired) electrons. The lowest BCUT2D eigenvalue weighted by atomic mass is 9.86. The van der Waals surface area contributed by atoms with Crippen molar-refractivity contribution in [3.05, 3.63) is 29.6 Å². The molecule has 2 rings (SSSR count). The molecule has 0 spiro atoms. The van der Waals surface area contributed by atoms with Crippen LogP contribution in [0.4, 0.5) is 4.39 Å². The summed E-state index contributed by atoms with van der Waals surface area (Å²) in [6.07, 6.45) is 4.78. The summed E-state index contributed by atoms with van der Waals surface area (Å²) >= 11 is 0. The van der Waals surface area contributed by atoms with Gasteiger partial charge >= 0.3 is 5.97 Å². The maximum absolute atomic E-state index is 14.0. The molecule has 24 heavy (non-hydrogen) atoms. The van der Waals surface area contributed by atoms with E-state index in [0.717, 1.165) is 38.2 Å². The van der Waals surface area contributed by atoms with Crippen LogP contribution in [-0.2, 0) is 14.9 Å². The van der Waals surface area contributed by atoms with E-state index in [2.05, 4.69) is 0 Å². The SMILES string of the molecule is CC1(Oc2cc(C(=O)OCCS(=O)(=O)O)ccc2F)CCCCC1. The summed E-state index contributed by atoms with van der Waals surface area (Å²) < 4.78 is 54.3. The van der Waals surface area contributed by atoms with Crippen LogP contribution in [0, 0.1) is 5.82 Å². The van der Waals surface area contributed by atoms with Gasteiger partial charge in [-0.3, -0.25) is 4.55 Å². The first-order valence-corrected chi connectivity index (χ1v) is 9.40. The highest BCUT2D eigenvalue weighted by Gasteiger charge is 2.30. The highest BCUT2D eigenvalue weighted by atomic mass is 32.2. The van der Waals surface area contributed by atoms with Gasteiger partial charge in [0.25, 0.3) is 10.1 Å². The Labute approximate surface area is 140 Å². The van der Waals surface area contributed by atoms with Crippen LogP contribution in [0.3, 0.4) is 0 Å². The summed E-state index contributed by atoms with van der Waals surface area (Å²) in [5, 5.41) is 0. The number of ether oxygens (including phenoxy) is 2. The second kappa shape index (κ2) is 7.48. The minimum absolute atomic E-state index is 0.0244. The maximum Gasteiger partial charge on any atom is 0.338 e. The van der Waals surface area contributed by atoms with E-state index in [-0.39, 0.29) is 11.3 Å². The van der Waals surface area contributed by atoms with Crippen molar-refractivity contribution in [2.24, 2.45) is 0 Å². The summed E-state index contributed by atoms with van der Waals surface area (Å²) in [6, 6.07) is 3.60. The molecule has 6 nitrogen and oxygen atoms in total. The Balaban J connectivity index is 2.06. The minimum atomic E-state index is -4.21. The summed E-state index contributed by atoms with van der Waals surface area (Å²) in [4.78, 5) is 11.9. The third-order valence-corrected chi connectivity index (χ3v) is 4.69. The molecule has 1 N–H and O–H groups in total. The molecule has 0 aliphatic heterocycles. The van der Waals surface area contributed by atoms with Crippen LogP contribution in [0.2, 0.25) is 0 Å². The van der Waals surface area contributed by atoms with Gasteiger partial charge in [0.2, 0.25) is 0 Å². The van der Waals surface area contributed by atoms with Crippen molar-refractivity contribution >= 4 is 16.1 Å². The van der Waals surface area contributed by atoms with E-state index in [1.54, 1.807) is 0 Å². The van der Waals surface area contributed by atoms with Gasteiger partial charge in [-0.25, -0.2) is 9.18 Å². The number of esters is 1. The first-order chi connectivity index (χ1) is 11.2. The van der Waals surface area contributed by atoms with E-state index < -0.39 is 39.9 Å². The maximum atomic E-state index is 14.0. The Morgan fingerprint density at radius 3 is 2.58 bits per heavy atom. The molecule has 1 saturated carbocycles. The number of hydrogen-bond donors (Lipinski definition) is 1. The molecule has 0 heterocycles. The van der Waals surface area contributed by atoms with Gasteiger partial charge in [0, 0.05) is 0 Å². The second-order valence-corrected chi connectivity index (χ2v) is 7.75. The molecule has 1 aromatic rings. The topological polar surface area (TPSA) is 89.9 Å². The first-order valence-electron chi connectivity index (χ1n) is 7.79. The van der Waals surface area contributed by atoms with E-state index in [0.29, 0.717) is 0 Å². The number of halogens is 1. The van der Waals surface area contributed by atoms with Crippen molar-refractivity contribution in [3.8, 4) is 5.75 Å². The van der Waals surface area contributed by atoms with Crippen molar-refractivity contribution in [2.75, 3.05) is 12.4 Å². The average molecular weight is 360 g/mol. The molecule has 8 heteroatoms. The van der Waals surface area contributed by atoms with Crippen molar-refractivity contribution in [1.29, 1.82) is 0 Å². The van der Waals surface area contributed by atoms with Crippen molar-refractivity contribution < 1.29 is 31.6 Å². The van der Waals surface area contributed by atoms with E-state index in [4.69, 9.17) is 14.0 Å². The van der Waals surface area contributed by atoms with Gasteiger partial charge in [-0.15, -0.1) is 0 Å². The smallest absolute Gasteiger partial charge is 0.338 e. The highest BCUT2D eigenvalue weighted by molar-refractivity contribution is 7.85. The summed E-state index contributed by atoms with van der Waals surface area (Å²) in [5.74, 6) is -2.10. The summed E-state index contributed by atoms with van der Waals surface area (Å²) in [7, 11) is -4.21. The largest absolute Gasteiger partial charge is 0.484 e. The Morgan fingerprint density at radius 2 is 1.96 bits per heavy atom. The molecule has 0 bridgehead atoms. The molecule has 0 saturated heterocycles. The lowest BCUT2D eigenvalue weighted by Crippen LogP contribution is -2.34. The zero-order valence-corrected chi connectivity index (χ0v) is 14.3. The normalized spacial score (nSPS) is 17.3. The number of carbonyl (C=O) groups excluding carboxylic acids is 1. The van der Waals surface area contributed by atoms with Gasteiger partial charge in [0.15, 0.2) is 11.6 Å². The Bertz CT molecular complexity index is 695. The Hall–Kier alpha value is -1.67. The molecule has 0 unspecified atom stereocenters. The quantitative estimate of drug-likeness (QED) is 0.620. The van der Waals surface area contributed by atoms with Crippen LogP contribution >= 0.6 is 0 Å². The molecular weight excluding hydrogens is 339 g/mol. The Morgan fingerprint density at radius 1 is 1.29 bits per heavy atom. The van der Waals surface area contributed by atoms with Crippen molar-refractivity contribution in [1.82, 2.24) is 0 Å². The van der Waals surface area contributed by atoms with Gasteiger partial charge in [-0.2, -0.15) is 8.42 Å². The molecule has 1 aliphatic rings. The van der Waals surface area contributed by atoms with Crippen molar-refractivity contribution in [3.63, 3.8) is 0 Å². The fourth-order valence-electron chi connectivity index (χ4n) is 2.70. The van der Waals surface area contributed by atoms with E-state index in [1.807, 2.05) is 6.92 Å². The van der Waals surface area contributed by atoms with E-state index in [9.17, 15) is 17.6 Å². The minimum Gasteiger partial charge on any atom is -0.484 e. The molecule has 0 amide bonds. The molecule has 0 aromatic heterocycles. The Kier molecular flexibility index (Phi) is 5.82. The molecule has 134 valence electrons. The van der Waals surface area contributed by atoms with Crippen LogP contribution in [0.5, 0.6) is 5.75 Å². The molecule has 0 atom stereocenters. The first kappa shape index (κ1) is 18.7. The van der Waals surface area contributed by atoms with Gasteiger partial charge in [-0.1, -0.05) is 6.42 Å². The van der Waals surface area contributed by atoms with Crippen molar-refractivity contribution in [2.45, 2.75) is 44.6 Å². The second-order valence-electron chi connectivity index (χ2n) is 6.18.